The van der Waals surface area contributed by atoms with Gasteiger partial charge < -0.3 is 25.5 Å². The first-order chi connectivity index (χ1) is 18.0. The summed E-state index contributed by atoms with van der Waals surface area (Å²) in [5, 5.41) is 14.1. The molecular weight excluding hydrogens is 531 g/mol. The van der Waals surface area contributed by atoms with Gasteiger partial charge in [0.05, 0.1) is 40.1 Å². The van der Waals surface area contributed by atoms with Gasteiger partial charge in [0.2, 0.25) is 0 Å². The number of nitrogen functional groups attached to an aromatic ring is 1. The number of nitrogens with two attached hydrogens (primary N) is 1. The maximum Gasteiger partial charge on any atom is 0.416 e. The SMILES string of the molecule is Cc1coc(=N)n1Cc1cccc(N)c1NC(=S)NC(C)(COC(=O)C(C)(C)C)c1cccc(C(F)(F)F)c1. The van der Waals surface area contributed by atoms with Gasteiger partial charge in [0.15, 0.2) is 5.11 Å². The molecule has 1 unspecified atom stereocenters. The first-order valence-corrected chi connectivity index (χ1v) is 12.4. The second-order valence-corrected chi connectivity index (χ2v) is 10.9. The first-order valence-electron chi connectivity index (χ1n) is 12.0. The van der Waals surface area contributed by atoms with Crippen LogP contribution in [0.25, 0.3) is 0 Å². The molecule has 12 heteroatoms. The molecule has 1 aromatic heterocycles. The van der Waals surface area contributed by atoms with Crippen LogP contribution in [0.5, 0.6) is 0 Å². The molecule has 3 rings (SSSR count). The van der Waals surface area contributed by atoms with Crippen molar-refractivity contribution >= 4 is 34.7 Å². The molecule has 1 heterocycles. The summed E-state index contributed by atoms with van der Waals surface area (Å²) in [6.07, 6.45) is -3.10. The number of hydrogen-bond donors (Lipinski definition) is 4. The Hall–Kier alpha value is -3.80. The quantitative estimate of drug-likeness (QED) is 0.175. The minimum Gasteiger partial charge on any atom is -0.462 e. The van der Waals surface area contributed by atoms with Gasteiger partial charge in [0.1, 0.15) is 12.9 Å². The Labute approximate surface area is 229 Å². The molecule has 1 atom stereocenters. The molecule has 0 bridgehead atoms. The maximum absolute atomic E-state index is 13.5. The Bertz CT molecular complexity index is 1420. The van der Waals surface area contributed by atoms with E-state index in [1.54, 1.807) is 57.4 Å². The third-order valence-electron chi connectivity index (χ3n) is 6.08. The van der Waals surface area contributed by atoms with Gasteiger partial charge in [-0.05, 0) is 76.2 Å². The van der Waals surface area contributed by atoms with Crippen molar-refractivity contribution in [1.29, 1.82) is 5.41 Å². The highest BCUT2D eigenvalue weighted by atomic mass is 32.1. The van der Waals surface area contributed by atoms with Gasteiger partial charge in [-0.1, -0.05) is 24.3 Å². The number of aryl methyl sites for hydroxylation is 1. The second kappa shape index (κ2) is 11.1. The molecule has 0 radical (unpaired) electrons. The third-order valence-corrected chi connectivity index (χ3v) is 6.29. The molecule has 0 aliphatic rings. The van der Waals surface area contributed by atoms with Crippen molar-refractivity contribution in [2.45, 2.75) is 52.9 Å². The number of nitrogens with zero attached hydrogens (tertiary/aromatic N) is 1. The Morgan fingerprint density at radius 2 is 1.77 bits per heavy atom. The zero-order valence-corrected chi connectivity index (χ0v) is 23.1. The van der Waals surface area contributed by atoms with E-state index in [9.17, 15) is 18.0 Å². The standard InChI is InChI=1S/C27H32F3N5O3S/c1-16-14-37-23(32)35(16)13-17-8-6-11-20(31)21(17)33-24(39)34-26(5,15-38-22(36)25(2,3)4)18-9-7-10-19(12-18)27(28,29)30/h6-12,14,32H,13,15,31H2,1-5H3,(H2,33,34,39). The number of benzene rings is 2. The van der Waals surface area contributed by atoms with Crippen molar-refractivity contribution in [3.8, 4) is 0 Å². The predicted molar refractivity (Wildman–Crippen MR) is 146 cm³/mol. The average Bonchev–Trinajstić information content (AvgIpc) is 3.15. The fourth-order valence-corrected chi connectivity index (χ4v) is 4.08. The van der Waals surface area contributed by atoms with E-state index >= 15 is 0 Å². The molecule has 0 saturated carbocycles. The molecule has 0 saturated heterocycles. The normalized spacial score (nSPS) is 13.4. The minimum atomic E-state index is -4.56. The van der Waals surface area contributed by atoms with Crippen molar-refractivity contribution in [3.05, 3.63) is 76.8 Å². The predicted octanol–water partition coefficient (Wildman–Crippen LogP) is 5.31. The van der Waals surface area contributed by atoms with Crippen molar-refractivity contribution in [3.63, 3.8) is 0 Å². The Balaban J connectivity index is 1.94. The fourth-order valence-electron chi connectivity index (χ4n) is 3.75. The number of ether oxygens (including phenoxy) is 1. The lowest BCUT2D eigenvalue weighted by molar-refractivity contribution is -0.155. The fraction of sp³-hybridized carbons (Fsp3) is 0.370. The summed E-state index contributed by atoms with van der Waals surface area (Å²) in [7, 11) is 0. The third kappa shape index (κ3) is 7.20. The number of esters is 1. The van der Waals surface area contributed by atoms with Crippen molar-refractivity contribution in [2.24, 2.45) is 5.41 Å². The number of carbonyl (C=O) groups excluding carboxylic acids is 1. The molecule has 0 aliphatic carbocycles. The van der Waals surface area contributed by atoms with E-state index in [1.807, 2.05) is 0 Å². The molecule has 3 aromatic rings. The highest BCUT2D eigenvalue weighted by Gasteiger charge is 2.36. The van der Waals surface area contributed by atoms with Crippen LogP contribution in [0.4, 0.5) is 24.5 Å². The summed E-state index contributed by atoms with van der Waals surface area (Å²) in [6, 6.07) is 9.98. The topological polar surface area (TPSA) is 118 Å². The molecule has 0 aliphatic heterocycles. The van der Waals surface area contributed by atoms with Crippen LogP contribution in [-0.2, 0) is 27.8 Å². The van der Waals surface area contributed by atoms with E-state index in [4.69, 9.17) is 32.5 Å². The van der Waals surface area contributed by atoms with Crippen molar-refractivity contribution in [1.82, 2.24) is 9.88 Å². The monoisotopic (exact) mass is 563 g/mol. The number of anilines is 2. The first kappa shape index (κ1) is 29.8. The van der Waals surface area contributed by atoms with Gasteiger partial charge in [-0.3, -0.25) is 14.8 Å². The number of oxazole rings is 1. The molecular formula is C27H32F3N5O3S. The Morgan fingerprint density at radius 3 is 2.36 bits per heavy atom. The number of carbonyl (C=O) groups is 1. The van der Waals surface area contributed by atoms with Gasteiger partial charge >= 0.3 is 12.1 Å². The van der Waals surface area contributed by atoms with E-state index in [0.717, 1.165) is 17.8 Å². The number of rotatable bonds is 7. The minimum absolute atomic E-state index is 0.0423. The zero-order valence-electron chi connectivity index (χ0n) is 22.3. The molecule has 8 nitrogen and oxygen atoms in total. The molecule has 39 heavy (non-hydrogen) atoms. The van der Waals surface area contributed by atoms with E-state index < -0.39 is 28.7 Å². The summed E-state index contributed by atoms with van der Waals surface area (Å²) < 4.78 is 52.8. The molecule has 5 N–H and O–H groups in total. The summed E-state index contributed by atoms with van der Waals surface area (Å²) in [5.74, 6) is -0.519. The van der Waals surface area contributed by atoms with Crippen LogP contribution in [0, 0.1) is 17.7 Å². The smallest absolute Gasteiger partial charge is 0.416 e. The number of aromatic nitrogens is 1. The van der Waals surface area contributed by atoms with E-state index in [0.29, 0.717) is 16.9 Å². The highest BCUT2D eigenvalue weighted by Crippen LogP contribution is 2.33. The number of para-hydroxylation sites is 1. The molecule has 210 valence electrons. The van der Waals surface area contributed by atoms with Crippen LogP contribution in [0.15, 0.2) is 53.1 Å². The number of thiocarbonyl (C=S) groups is 1. The molecule has 2 aromatic carbocycles. The Kier molecular flexibility index (Phi) is 8.49. The van der Waals surface area contributed by atoms with E-state index in [2.05, 4.69) is 10.6 Å². The van der Waals surface area contributed by atoms with Crippen LogP contribution >= 0.6 is 12.2 Å². The Morgan fingerprint density at radius 1 is 1.13 bits per heavy atom. The van der Waals surface area contributed by atoms with Crippen LogP contribution < -0.4 is 22.1 Å². The van der Waals surface area contributed by atoms with Crippen LogP contribution in [0.2, 0.25) is 0 Å². The van der Waals surface area contributed by atoms with Crippen LogP contribution in [-0.4, -0.2) is 22.3 Å². The average molecular weight is 564 g/mol. The molecule has 0 fully saturated rings. The lowest BCUT2D eigenvalue weighted by Gasteiger charge is -2.34. The number of halogens is 3. The van der Waals surface area contributed by atoms with Gasteiger partial charge in [0, 0.05) is 0 Å². The maximum atomic E-state index is 13.5. The highest BCUT2D eigenvalue weighted by molar-refractivity contribution is 7.80. The van der Waals surface area contributed by atoms with Crippen molar-refractivity contribution < 1.29 is 27.1 Å². The second-order valence-electron chi connectivity index (χ2n) is 10.5. The van der Waals surface area contributed by atoms with Gasteiger partial charge in [-0.15, -0.1) is 0 Å². The summed E-state index contributed by atoms with van der Waals surface area (Å²) >= 11 is 5.56. The van der Waals surface area contributed by atoms with Crippen LogP contribution in [0.1, 0.15) is 50.1 Å². The van der Waals surface area contributed by atoms with E-state index in [1.165, 1.54) is 18.4 Å². The molecule has 0 spiro atoms. The lowest BCUT2D eigenvalue weighted by Crippen LogP contribution is -2.49. The summed E-state index contributed by atoms with van der Waals surface area (Å²) in [5.41, 5.74) is 5.67. The van der Waals surface area contributed by atoms with E-state index in [-0.39, 0.29) is 29.5 Å². The lowest BCUT2D eigenvalue weighted by atomic mass is 9.91. The number of hydrogen-bond acceptors (Lipinski definition) is 6. The summed E-state index contributed by atoms with van der Waals surface area (Å²) in [4.78, 5) is 12.5. The van der Waals surface area contributed by atoms with Gasteiger partial charge in [-0.2, -0.15) is 13.2 Å². The zero-order chi connectivity index (χ0) is 29.2. The molecule has 0 amide bonds. The largest absolute Gasteiger partial charge is 0.462 e. The van der Waals surface area contributed by atoms with Gasteiger partial charge in [0.25, 0.3) is 5.68 Å². The number of nitrogens with one attached hydrogen (secondary N) is 3. The van der Waals surface area contributed by atoms with Crippen molar-refractivity contribution in [2.75, 3.05) is 17.7 Å². The summed E-state index contributed by atoms with van der Waals surface area (Å²) in [6.45, 7) is 8.39. The number of alkyl halides is 3. The van der Waals surface area contributed by atoms with Gasteiger partial charge in [-0.25, -0.2) is 0 Å². The van der Waals surface area contributed by atoms with Crippen LogP contribution in [0.3, 0.4) is 0 Å².